The van der Waals surface area contributed by atoms with Gasteiger partial charge in [0.05, 0.1) is 12.0 Å². The van der Waals surface area contributed by atoms with Crippen LogP contribution in [0.15, 0.2) is 35.2 Å². The molecule has 2 rings (SSSR count). The summed E-state index contributed by atoms with van der Waals surface area (Å²) in [5.74, 6) is -0.692. The number of halogens is 3. The summed E-state index contributed by atoms with van der Waals surface area (Å²) in [6, 6.07) is 7.48. The van der Waals surface area contributed by atoms with Crippen LogP contribution in [0.2, 0.25) is 0 Å². The number of rotatable bonds is 6. The van der Waals surface area contributed by atoms with Crippen molar-refractivity contribution in [1.29, 1.82) is 0 Å². The molecule has 0 aliphatic rings. The molecule has 0 heterocycles. The lowest BCUT2D eigenvalue weighted by Crippen LogP contribution is -2.17. The van der Waals surface area contributed by atoms with Gasteiger partial charge in [0.2, 0.25) is 5.91 Å². The highest BCUT2D eigenvalue weighted by molar-refractivity contribution is 7.80. The van der Waals surface area contributed by atoms with Gasteiger partial charge in [0.25, 0.3) is 6.43 Å². The molecule has 0 saturated carbocycles. The third-order valence-electron chi connectivity index (χ3n) is 4.84. The van der Waals surface area contributed by atoms with Gasteiger partial charge in [0, 0.05) is 10.5 Å². The molecule has 31 heavy (non-hydrogen) atoms. The quantitative estimate of drug-likeness (QED) is 0.452. The van der Waals surface area contributed by atoms with Gasteiger partial charge in [0.1, 0.15) is 5.82 Å². The molecule has 0 radical (unpaired) electrons. The molecule has 3 N–H and O–H groups in total. The van der Waals surface area contributed by atoms with Gasteiger partial charge in [-0.05, 0) is 72.2 Å². The second-order valence-corrected chi connectivity index (χ2v) is 9.14. The van der Waals surface area contributed by atoms with E-state index in [1.807, 2.05) is 27.7 Å². The highest BCUT2D eigenvalue weighted by Crippen LogP contribution is 2.33. The Morgan fingerprint density at radius 3 is 1.87 bits per heavy atom. The lowest BCUT2D eigenvalue weighted by atomic mass is 9.85. The highest BCUT2D eigenvalue weighted by atomic mass is 32.1. The smallest absolute Gasteiger partial charge is 0.263 e. The average Bonchev–Trinajstić information content (AvgIpc) is 2.62. The number of carbonyl (C=O) groups excluding carboxylic acids is 1. The normalized spacial score (nSPS) is 11.7. The molecule has 0 fully saturated rings. The van der Waals surface area contributed by atoms with Crippen LogP contribution in [-0.4, -0.2) is 11.0 Å². The molecule has 0 unspecified atom stereocenters. The predicted molar refractivity (Wildman–Crippen MR) is 121 cm³/mol. The molecule has 3 nitrogen and oxygen atoms in total. The van der Waals surface area contributed by atoms with E-state index in [0.717, 1.165) is 16.7 Å². The van der Waals surface area contributed by atoms with Gasteiger partial charge < -0.3 is 10.8 Å². The molecular weight excluding hydrogens is 423 g/mol. The summed E-state index contributed by atoms with van der Waals surface area (Å²) in [5.41, 5.74) is 7.23. The van der Waals surface area contributed by atoms with Gasteiger partial charge in [-0.3, -0.25) is 4.79 Å². The van der Waals surface area contributed by atoms with Crippen molar-refractivity contribution in [2.75, 3.05) is 0 Å². The molecule has 0 aliphatic heterocycles. The van der Waals surface area contributed by atoms with Crippen LogP contribution in [0.4, 0.5) is 13.2 Å². The molecule has 172 valence electrons. The van der Waals surface area contributed by atoms with Crippen LogP contribution in [0.1, 0.15) is 87.6 Å². The van der Waals surface area contributed by atoms with E-state index in [-0.39, 0.29) is 23.8 Å². The number of amides is 1. The minimum Gasteiger partial charge on any atom is -0.386 e. The number of aliphatic hydroxyl groups is 1. The summed E-state index contributed by atoms with van der Waals surface area (Å²) >= 11 is 3.88. The highest BCUT2D eigenvalue weighted by Gasteiger charge is 2.20. The van der Waals surface area contributed by atoms with Crippen LogP contribution in [0.25, 0.3) is 0 Å². The zero-order valence-electron chi connectivity index (χ0n) is 18.8. The molecule has 0 saturated heterocycles. The van der Waals surface area contributed by atoms with Crippen molar-refractivity contribution in [3.63, 3.8) is 0 Å². The second kappa shape index (κ2) is 11.0. The van der Waals surface area contributed by atoms with E-state index < -0.39 is 23.8 Å². The number of nitrogens with two attached hydrogens (primary N) is 1. The summed E-state index contributed by atoms with van der Waals surface area (Å²) in [7, 11) is 0. The molecule has 0 bridgehead atoms. The van der Waals surface area contributed by atoms with Gasteiger partial charge in [0.15, 0.2) is 0 Å². The van der Waals surface area contributed by atoms with Crippen molar-refractivity contribution in [3.05, 3.63) is 64.0 Å². The Kier molecular flexibility index (Phi) is 9.64. The first-order chi connectivity index (χ1) is 14.1. The minimum atomic E-state index is -2.50. The first kappa shape index (κ1) is 27.0. The molecule has 2 aromatic rings. The maximum absolute atomic E-state index is 13.0. The average molecular weight is 456 g/mol. The minimum absolute atomic E-state index is 0.0145. The Labute approximate surface area is 188 Å². The Balaban J connectivity index is 0.000000343. The fraction of sp³-hybridized carbons (Fsp3) is 0.458. The Morgan fingerprint density at radius 2 is 1.55 bits per heavy atom. The van der Waals surface area contributed by atoms with Crippen molar-refractivity contribution in [2.45, 2.75) is 76.7 Å². The second-order valence-electron chi connectivity index (χ2n) is 8.66. The van der Waals surface area contributed by atoms with Crippen LogP contribution < -0.4 is 5.73 Å². The van der Waals surface area contributed by atoms with Crippen LogP contribution in [0.3, 0.4) is 0 Å². The number of carbonyl (C=O) groups is 1. The lowest BCUT2D eigenvalue weighted by Gasteiger charge is -2.20. The van der Waals surface area contributed by atoms with Crippen molar-refractivity contribution >= 4 is 18.5 Å². The van der Waals surface area contributed by atoms with Crippen molar-refractivity contribution < 1.29 is 23.1 Å². The molecular formula is C24H32F3NO2S. The summed E-state index contributed by atoms with van der Waals surface area (Å²) in [5, 5.41) is 9.51. The van der Waals surface area contributed by atoms with Crippen molar-refractivity contribution in [2.24, 2.45) is 5.73 Å². The van der Waals surface area contributed by atoms with E-state index in [1.54, 1.807) is 19.9 Å². The number of benzene rings is 2. The van der Waals surface area contributed by atoms with Crippen LogP contribution in [-0.2, 0) is 16.8 Å². The van der Waals surface area contributed by atoms with E-state index in [9.17, 15) is 23.1 Å². The number of hydrogen-bond donors (Lipinski definition) is 3. The van der Waals surface area contributed by atoms with E-state index >= 15 is 0 Å². The SMILES string of the molecule is CC(C)(O)c1ccc(S)c(F)c1.CC(C)c1cc(C(F)F)cc(C(C)C)c1CC(N)=O. The summed E-state index contributed by atoms with van der Waals surface area (Å²) in [6.07, 6.45) is -2.40. The number of hydrogen-bond acceptors (Lipinski definition) is 3. The summed E-state index contributed by atoms with van der Waals surface area (Å²) in [4.78, 5) is 11.5. The van der Waals surface area contributed by atoms with Gasteiger partial charge in [-0.15, -0.1) is 12.6 Å². The van der Waals surface area contributed by atoms with Crippen LogP contribution in [0.5, 0.6) is 0 Å². The number of thiol groups is 1. The molecule has 2 aromatic carbocycles. The van der Waals surface area contributed by atoms with Gasteiger partial charge in [-0.2, -0.15) is 0 Å². The maximum atomic E-state index is 13.0. The predicted octanol–water partition coefficient (Wildman–Crippen LogP) is 6.24. The van der Waals surface area contributed by atoms with E-state index in [0.29, 0.717) is 10.5 Å². The Bertz CT molecular complexity index is 877. The topological polar surface area (TPSA) is 63.3 Å². The Morgan fingerprint density at radius 1 is 1.06 bits per heavy atom. The van der Waals surface area contributed by atoms with Crippen LogP contribution in [0, 0.1) is 5.82 Å². The first-order valence-corrected chi connectivity index (χ1v) is 10.5. The zero-order valence-corrected chi connectivity index (χ0v) is 19.7. The third-order valence-corrected chi connectivity index (χ3v) is 5.21. The zero-order chi connectivity index (χ0) is 24.1. The fourth-order valence-corrected chi connectivity index (χ4v) is 3.30. The van der Waals surface area contributed by atoms with E-state index in [4.69, 9.17) is 5.73 Å². The van der Waals surface area contributed by atoms with Crippen LogP contribution >= 0.6 is 12.6 Å². The van der Waals surface area contributed by atoms with Crippen molar-refractivity contribution in [3.8, 4) is 0 Å². The molecule has 7 heteroatoms. The Hall–Kier alpha value is -1.99. The summed E-state index contributed by atoms with van der Waals surface area (Å²) < 4.78 is 38.8. The number of primary amides is 1. The molecule has 0 aliphatic carbocycles. The van der Waals surface area contributed by atoms with E-state index in [1.165, 1.54) is 24.3 Å². The lowest BCUT2D eigenvalue weighted by molar-refractivity contribution is -0.117. The summed E-state index contributed by atoms with van der Waals surface area (Å²) in [6.45, 7) is 10.9. The largest absolute Gasteiger partial charge is 0.386 e. The first-order valence-electron chi connectivity index (χ1n) is 10.1. The monoisotopic (exact) mass is 455 g/mol. The molecule has 0 spiro atoms. The number of alkyl halides is 2. The molecule has 1 amide bonds. The van der Waals surface area contributed by atoms with Gasteiger partial charge in [-0.25, -0.2) is 13.2 Å². The van der Waals surface area contributed by atoms with E-state index in [2.05, 4.69) is 12.6 Å². The third kappa shape index (κ3) is 7.89. The molecule has 0 atom stereocenters. The maximum Gasteiger partial charge on any atom is 0.263 e. The standard InChI is InChI=1S/C15H21F2NO.C9H11FOS/c1-8(2)11-5-10(15(16)17)6-12(9(3)4)13(11)7-14(18)19;1-9(2,11)6-3-4-8(12)7(10)5-6/h5-6,8-9,15H,7H2,1-4H3,(H2,18,19);3-5,11-12H,1-2H3. The van der Waals surface area contributed by atoms with Gasteiger partial charge in [-0.1, -0.05) is 33.8 Å². The molecule has 0 aromatic heterocycles. The fourth-order valence-electron chi connectivity index (χ4n) is 3.16. The van der Waals surface area contributed by atoms with Crippen molar-refractivity contribution in [1.82, 2.24) is 0 Å². The van der Waals surface area contributed by atoms with Gasteiger partial charge >= 0.3 is 0 Å².